The summed E-state index contributed by atoms with van der Waals surface area (Å²) in [7, 11) is 0. The Balaban J connectivity index is 0.0000000851. The number of aryl methyl sites for hydroxylation is 6. The smallest absolute Gasteiger partial charge is 0.138 e. The highest BCUT2D eigenvalue weighted by Crippen LogP contribution is 2.56. The van der Waals surface area contributed by atoms with Gasteiger partial charge in [0.15, 0.2) is 0 Å². The summed E-state index contributed by atoms with van der Waals surface area (Å²) in [6, 6.07) is 51.4. The Morgan fingerprint density at radius 3 is 0.515 bits per heavy atom. The molecule has 0 amide bonds. The topological polar surface area (TPSA) is 335 Å². The first kappa shape index (κ1) is 79.7. The highest BCUT2D eigenvalue weighted by molar-refractivity contribution is 5.74. The second-order valence-corrected chi connectivity index (χ2v) is 36.6. The Morgan fingerprint density at radius 1 is 0.205 bits per heavy atom. The third-order valence-corrected chi connectivity index (χ3v) is 30.3. The highest BCUT2D eigenvalue weighted by Gasteiger charge is 2.49. The minimum Gasteiger partial charge on any atom is -0.385 e. The number of hydrogen-bond acceptors (Lipinski definition) is 18. The number of benzene rings is 6. The van der Waals surface area contributed by atoms with Crippen molar-refractivity contribution in [2.45, 2.75) is 151 Å². The van der Waals surface area contributed by atoms with Gasteiger partial charge in [0, 0.05) is 183 Å². The molecule has 30 rings (SSSR count). The van der Waals surface area contributed by atoms with Gasteiger partial charge >= 0.3 is 0 Å². The summed E-state index contributed by atoms with van der Waals surface area (Å²) in [5, 5.41) is 65.1. The Hall–Kier alpha value is -14.4. The lowest BCUT2D eigenvalue weighted by Crippen LogP contribution is -2.31. The fourth-order valence-electron chi connectivity index (χ4n) is 24.3. The lowest BCUT2D eigenvalue weighted by molar-refractivity contribution is 0.0513. The van der Waals surface area contributed by atoms with E-state index < -0.39 is 36.6 Å². The van der Waals surface area contributed by atoms with Crippen LogP contribution in [0.2, 0.25) is 0 Å². The first-order chi connectivity index (χ1) is 65.1. The van der Waals surface area contributed by atoms with Gasteiger partial charge in [-0.15, -0.1) is 0 Å². The molecule has 18 aromatic rings. The zero-order valence-corrected chi connectivity index (χ0v) is 72.0. The van der Waals surface area contributed by atoms with Crippen molar-refractivity contribution in [3.63, 3.8) is 0 Å². The van der Waals surface area contributed by atoms with E-state index in [-0.39, 0.29) is 71.8 Å². The van der Waals surface area contributed by atoms with Crippen LogP contribution in [0.15, 0.2) is 295 Å². The quantitative estimate of drug-likeness (QED) is 0.0900. The fourth-order valence-corrected chi connectivity index (χ4v) is 24.3. The zero-order valence-electron chi connectivity index (χ0n) is 72.0. The molecule has 0 spiro atoms. The van der Waals surface area contributed by atoms with E-state index in [9.17, 15) is 30.6 Å². The maximum Gasteiger partial charge on any atom is 0.138 e. The van der Waals surface area contributed by atoms with Crippen molar-refractivity contribution in [2.75, 3.05) is 0 Å². The molecule has 12 aromatic heterocycles. The van der Waals surface area contributed by atoms with Crippen LogP contribution in [0.3, 0.4) is 0 Å². The van der Waals surface area contributed by atoms with E-state index in [2.05, 4.69) is 260 Å². The van der Waals surface area contributed by atoms with Crippen LogP contribution in [0, 0.1) is 35.5 Å². The molecule has 0 radical (unpaired) electrons. The van der Waals surface area contributed by atoms with Gasteiger partial charge in [-0.2, -0.15) is 0 Å². The molecule has 660 valence electrons. The Labute approximate surface area is 758 Å². The molecule has 0 saturated heterocycles. The number of fused-ring (bicyclic) bond motifs is 24. The minimum absolute atomic E-state index is 0.117. The molecule has 12 aliphatic heterocycles. The van der Waals surface area contributed by atoms with Gasteiger partial charge in [-0.05, 0) is 71.9 Å². The third kappa shape index (κ3) is 12.7. The predicted molar refractivity (Wildman–Crippen MR) is 487 cm³/mol. The van der Waals surface area contributed by atoms with Crippen molar-refractivity contribution in [1.29, 1.82) is 0 Å². The van der Waals surface area contributed by atoms with Crippen LogP contribution in [-0.2, 0) is 39.3 Å². The summed E-state index contributed by atoms with van der Waals surface area (Å²) in [6.07, 6.45) is 47.4. The van der Waals surface area contributed by atoms with Crippen LogP contribution < -0.4 is 0 Å². The van der Waals surface area contributed by atoms with E-state index in [4.69, 9.17) is 0 Å². The van der Waals surface area contributed by atoms with Crippen LogP contribution in [0.1, 0.15) is 180 Å². The number of aliphatic hydroxyl groups excluding tert-OH is 6. The van der Waals surface area contributed by atoms with E-state index in [0.29, 0.717) is 0 Å². The summed E-state index contributed by atoms with van der Waals surface area (Å²) in [6.45, 7) is 5.42. The molecule has 0 fully saturated rings. The normalized spacial score (nSPS) is 25.6. The van der Waals surface area contributed by atoms with Gasteiger partial charge in [-0.3, -0.25) is 0 Å². The van der Waals surface area contributed by atoms with Crippen molar-refractivity contribution in [3.8, 4) is 67.5 Å². The molecule has 12 aliphatic rings. The van der Waals surface area contributed by atoms with E-state index in [1.807, 2.05) is 112 Å². The van der Waals surface area contributed by atoms with Crippen molar-refractivity contribution >= 4 is 0 Å². The second kappa shape index (κ2) is 32.3. The largest absolute Gasteiger partial charge is 0.385 e. The molecule has 24 heterocycles. The van der Waals surface area contributed by atoms with Crippen LogP contribution in [0.5, 0.6) is 0 Å². The lowest BCUT2D eigenvalue weighted by atomic mass is 9.84. The number of aliphatic hydroxyl groups is 6. The Bertz CT molecular complexity index is 6200. The standard InChI is InChI=1S/6C17H16N4O/c6*22-16-13(5-7-20-8-6-19-17(16)20)15-12-4-2-1-3-11(12)14-9-18-10-21(14)15/h6*1-4,6,8-10,13,15-16,22H,5,7H2/t2*13-,15+,16+;2*13-,15-,16+;2*13-,15-,16-/m101010/s1. The molecule has 30 nitrogen and oxygen atoms in total. The van der Waals surface area contributed by atoms with Gasteiger partial charge in [0.05, 0.1) is 146 Å². The average Bonchev–Trinajstić information content (AvgIpc) is 1.61. The number of hydrogen-bond donors (Lipinski definition) is 6. The van der Waals surface area contributed by atoms with Crippen molar-refractivity contribution in [2.24, 2.45) is 35.5 Å². The summed E-state index contributed by atoms with van der Waals surface area (Å²) in [4.78, 5) is 51.9. The summed E-state index contributed by atoms with van der Waals surface area (Å²) in [5.74, 6) is 5.38. The maximum atomic E-state index is 10.8. The van der Waals surface area contributed by atoms with Gasteiger partial charge in [0.1, 0.15) is 71.6 Å². The molecule has 0 unspecified atom stereocenters. The number of aromatic nitrogens is 24. The van der Waals surface area contributed by atoms with Gasteiger partial charge in [-0.25, -0.2) is 59.8 Å². The number of nitrogens with zero attached hydrogens (tertiary/aromatic N) is 24. The van der Waals surface area contributed by atoms with Crippen molar-refractivity contribution in [3.05, 3.63) is 363 Å². The van der Waals surface area contributed by atoms with Crippen LogP contribution >= 0.6 is 0 Å². The van der Waals surface area contributed by atoms with Gasteiger partial charge < -0.3 is 85.4 Å². The van der Waals surface area contributed by atoms with Crippen molar-refractivity contribution < 1.29 is 30.6 Å². The van der Waals surface area contributed by atoms with Crippen LogP contribution in [-0.4, -0.2) is 145 Å². The SMILES string of the molecule is O[C@@H]1c2nccn2CC[C@@H]1[C@@H]1c2ccccc2-c2cncn21.O[C@@H]1c2nccn2CC[C@@H]1[C@H]1c2ccccc2-c2cncn21.O[C@@H]1c2nccn2CC[C@H]1[C@@H]1c2ccccc2-c2cncn21.O[C@H]1c2nccn2CC[C@@H]1[C@H]1c2ccccc2-c2cncn21.O[C@H]1c2nccn2CC[C@H]1[C@@H]1c2ccccc2-c2cncn21.O[C@H]1c2nccn2CC[C@H]1[C@H]1c2ccccc2-c2cncn21. The van der Waals surface area contributed by atoms with E-state index in [0.717, 1.165) is 147 Å². The molecular formula is C102H96N24O6. The molecule has 6 aromatic carbocycles. The molecule has 6 N–H and O–H groups in total. The van der Waals surface area contributed by atoms with Crippen molar-refractivity contribution in [1.82, 2.24) is 115 Å². The molecule has 132 heavy (non-hydrogen) atoms. The molecule has 0 saturated carbocycles. The monoisotopic (exact) mass is 1750 g/mol. The molecule has 0 aliphatic carbocycles. The van der Waals surface area contributed by atoms with E-state index in [1.165, 1.54) is 66.8 Å². The summed E-state index contributed by atoms with van der Waals surface area (Å²) >= 11 is 0. The lowest BCUT2D eigenvalue weighted by Gasteiger charge is -2.34. The van der Waals surface area contributed by atoms with E-state index in [1.54, 1.807) is 37.2 Å². The highest BCUT2D eigenvalue weighted by atomic mass is 16.3. The maximum absolute atomic E-state index is 10.8. The Kier molecular flexibility index (Phi) is 19.5. The van der Waals surface area contributed by atoms with Crippen LogP contribution in [0.4, 0.5) is 0 Å². The van der Waals surface area contributed by atoms with Gasteiger partial charge in [-0.1, -0.05) is 146 Å². The first-order valence-electron chi connectivity index (χ1n) is 45.9. The van der Waals surface area contributed by atoms with E-state index >= 15 is 0 Å². The second-order valence-electron chi connectivity index (χ2n) is 36.6. The summed E-state index contributed by atoms with van der Waals surface area (Å²) in [5.41, 5.74) is 21.9. The third-order valence-electron chi connectivity index (χ3n) is 30.3. The zero-order chi connectivity index (χ0) is 88.1. The number of imidazole rings is 12. The number of rotatable bonds is 6. The molecule has 30 heteroatoms. The fraction of sp³-hybridized carbons (Fsp3) is 0.294. The average molecular weight is 1750 g/mol. The predicted octanol–water partition coefficient (Wildman–Crippen LogP) is 14.4. The minimum atomic E-state index is -0.546. The van der Waals surface area contributed by atoms with Gasteiger partial charge in [0.25, 0.3) is 0 Å². The molecular weight excluding hydrogens is 1660 g/mol. The molecule has 18 atom stereocenters. The summed E-state index contributed by atoms with van der Waals surface area (Å²) < 4.78 is 25.5. The van der Waals surface area contributed by atoms with Gasteiger partial charge in [0.2, 0.25) is 0 Å². The van der Waals surface area contributed by atoms with Crippen LogP contribution in [0.25, 0.3) is 67.5 Å². The first-order valence-corrected chi connectivity index (χ1v) is 45.9. The Morgan fingerprint density at radius 2 is 0.356 bits per heavy atom. The molecule has 0 bridgehead atoms.